The number of halogens is 3. The number of hydrogen-bond donors (Lipinski definition) is 1. The highest BCUT2D eigenvalue weighted by Crippen LogP contribution is 2.42. The molecule has 0 aliphatic heterocycles. The normalized spacial score (nSPS) is 14.9. The third-order valence-corrected chi connectivity index (χ3v) is 7.19. The lowest BCUT2D eigenvalue weighted by atomic mass is 10.3. The molecule has 1 atom stereocenters. The molecule has 5 nitrogen and oxygen atoms in total. The highest BCUT2D eigenvalue weighted by molar-refractivity contribution is 8.00. The SMILES string of the molecule is CC(Sc1nnc(-c2cccs2)n1C1CC1)C(=O)Nc1cc(Cl)c(Cl)cc1Cl. The first-order valence-corrected chi connectivity index (χ1v) is 11.4. The van der Waals surface area contributed by atoms with Crippen molar-refractivity contribution in [2.75, 3.05) is 5.32 Å². The average Bonchev–Trinajstić information content (AvgIpc) is 3.17. The van der Waals surface area contributed by atoms with Gasteiger partial charge in [0.2, 0.25) is 5.91 Å². The summed E-state index contributed by atoms with van der Waals surface area (Å²) in [6, 6.07) is 7.48. The number of anilines is 1. The van der Waals surface area contributed by atoms with Gasteiger partial charge in [0.05, 0.1) is 30.9 Å². The Kier molecular flexibility index (Phi) is 5.90. The second kappa shape index (κ2) is 8.24. The molecule has 1 aromatic carbocycles. The molecule has 1 aliphatic carbocycles. The Morgan fingerprint density at radius 3 is 2.68 bits per heavy atom. The van der Waals surface area contributed by atoms with E-state index in [2.05, 4.69) is 20.1 Å². The molecule has 1 saturated carbocycles. The molecule has 1 aliphatic rings. The van der Waals surface area contributed by atoms with Crippen LogP contribution in [0.4, 0.5) is 5.69 Å². The van der Waals surface area contributed by atoms with E-state index in [1.165, 1.54) is 17.8 Å². The topological polar surface area (TPSA) is 59.8 Å². The minimum absolute atomic E-state index is 0.201. The maximum Gasteiger partial charge on any atom is 0.237 e. The van der Waals surface area contributed by atoms with Gasteiger partial charge in [0, 0.05) is 6.04 Å². The minimum Gasteiger partial charge on any atom is -0.324 e. The zero-order valence-electron chi connectivity index (χ0n) is 14.7. The molecule has 10 heteroatoms. The maximum absolute atomic E-state index is 12.7. The van der Waals surface area contributed by atoms with Gasteiger partial charge in [-0.3, -0.25) is 9.36 Å². The zero-order valence-corrected chi connectivity index (χ0v) is 18.6. The van der Waals surface area contributed by atoms with Crippen LogP contribution in [-0.2, 0) is 4.79 Å². The number of amides is 1. The summed E-state index contributed by atoms with van der Waals surface area (Å²) >= 11 is 21.1. The Labute approximate surface area is 185 Å². The second-order valence-corrected chi connectivity index (χ2v) is 9.86. The van der Waals surface area contributed by atoms with Gasteiger partial charge in [0.15, 0.2) is 11.0 Å². The van der Waals surface area contributed by atoms with Crippen molar-refractivity contribution in [2.45, 2.75) is 36.2 Å². The van der Waals surface area contributed by atoms with E-state index >= 15 is 0 Å². The fraction of sp³-hybridized carbons (Fsp3) is 0.278. The first-order chi connectivity index (χ1) is 13.4. The Morgan fingerprint density at radius 1 is 1.25 bits per heavy atom. The Balaban J connectivity index is 1.52. The lowest BCUT2D eigenvalue weighted by Gasteiger charge is -2.14. The first kappa shape index (κ1) is 20.0. The van der Waals surface area contributed by atoms with E-state index in [-0.39, 0.29) is 5.91 Å². The van der Waals surface area contributed by atoms with Crippen LogP contribution in [0, 0.1) is 0 Å². The fourth-order valence-electron chi connectivity index (χ4n) is 2.66. The van der Waals surface area contributed by atoms with Crippen molar-refractivity contribution < 1.29 is 4.79 Å². The van der Waals surface area contributed by atoms with E-state index in [4.69, 9.17) is 34.8 Å². The van der Waals surface area contributed by atoms with Crippen molar-refractivity contribution in [1.29, 1.82) is 0 Å². The van der Waals surface area contributed by atoms with Gasteiger partial charge in [0.25, 0.3) is 0 Å². The van der Waals surface area contributed by atoms with Crippen LogP contribution in [0.5, 0.6) is 0 Å². The van der Waals surface area contributed by atoms with Crippen molar-refractivity contribution in [3.63, 3.8) is 0 Å². The van der Waals surface area contributed by atoms with Crippen LogP contribution in [0.1, 0.15) is 25.8 Å². The summed E-state index contributed by atoms with van der Waals surface area (Å²) in [5.74, 6) is 0.661. The number of carbonyl (C=O) groups is 1. The molecular formula is C18H15Cl3N4OS2. The molecule has 1 unspecified atom stereocenters. The molecule has 0 bridgehead atoms. The van der Waals surface area contributed by atoms with E-state index in [0.29, 0.717) is 26.8 Å². The highest BCUT2D eigenvalue weighted by Gasteiger charge is 2.31. The van der Waals surface area contributed by atoms with Gasteiger partial charge < -0.3 is 5.32 Å². The molecule has 2 heterocycles. The fourth-order valence-corrected chi connectivity index (χ4v) is 4.88. The quantitative estimate of drug-likeness (QED) is 0.331. The molecule has 2 aromatic heterocycles. The van der Waals surface area contributed by atoms with Crippen molar-refractivity contribution in [1.82, 2.24) is 14.8 Å². The minimum atomic E-state index is -0.400. The molecule has 3 aromatic rings. The molecule has 4 rings (SSSR count). The molecule has 0 saturated heterocycles. The van der Waals surface area contributed by atoms with Crippen LogP contribution in [0.25, 0.3) is 10.7 Å². The van der Waals surface area contributed by atoms with Crippen molar-refractivity contribution in [3.05, 3.63) is 44.7 Å². The number of thiophene rings is 1. The summed E-state index contributed by atoms with van der Waals surface area (Å²) < 4.78 is 2.15. The number of hydrogen-bond acceptors (Lipinski definition) is 5. The lowest BCUT2D eigenvalue weighted by Crippen LogP contribution is -2.23. The van der Waals surface area contributed by atoms with E-state index in [1.54, 1.807) is 17.4 Å². The van der Waals surface area contributed by atoms with Gasteiger partial charge in [-0.25, -0.2) is 0 Å². The van der Waals surface area contributed by atoms with Crippen LogP contribution in [0.2, 0.25) is 15.1 Å². The molecule has 1 N–H and O–H groups in total. The standard InChI is InChI=1S/C18H15Cl3N4OS2/c1-9(17(26)22-14-8-12(20)11(19)7-13(14)21)28-18-24-23-16(15-3-2-6-27-15)25(18)10-4-5-10/h2-3,6-10H,4-5H2,1H3,(H,22,26). The van der Waals surface area contributed by atoms with Gasteiger partial charge in [-0.1, -0.05) is 52.6 Å². The number of nitrogens with zero attached hydrogens (tertiary/aromatic N) is 3. The Hall–Kier alpha value is -1.25. The third-order valence-electron chi connectivity index (χ3n) is 4.24. The van der Waals surface area contributed by atoms with Crippen LogP contribution >= 0.6 is 57.9 Å². The second-order valence-electron chi connectivity index (χ2n) is 6.38. The lowest BCUT2D eigenvalue weighted by molar-refractivity contribution is -0.115. The molecule has 146 valence electrons. The van der Waals surface area contributed by atoms with E-state index in [0.717, 1.165) is 28.7 Å². The Bertz CT molecular complexity index is 1020. The molecule has 1 amide bonds. The summed E-state index contributed by atoms with van der Waals surface area (Å²) in [6.45, 7) is 1.82. The van der Waals surface area contributed by atoms with E-state index in [9.17, 15) is 4.79 Å². The number of nitrogens with one attached hydrogen (secondary N) is 1. The maximum atomic E-state index is 12.7. The van der Waals surface area contributed by atoms with Gasteiger partial charge in [-0.15, -0.1) is 21.5 Å². The summed E-state index contributed by atoms with van der Waals surface area (Å²) in [5, 5.41) is 14.9. The van der Waals surface area contributed by atoms with Gasteiger partial charge in [-0.05, 0) is 43.3 Å². The molecule has 1 fully saturated rings. The van der Waals surface area contributed by atoms with Gasteiger partial charge >= 0.3 is 0 Å². The molecule has 0 radical (unpaired) electrons. The van der Waals surface area contributed by atoms with Gasteiger partial charge in [0.1, 0.15) is 0 Å². The number of thioether (sulfide) groups is 1. The van der Waals surface area contributed by atoms with Crippen LogP contribution in [-0.4, -0.2) is 25.9 Å². The molecule has 0 spiro atoms. The predicted octanol–water partition coefficient (Wildman–Crippen LogP) is 6.42. The van der Waals surface area contributed by atoms with Crippen molar-refractivity contribution >= 4 is 69.5 Å². The number of rotatable bonds is 6. The van der Waals surface area contributed by atoms with Crippen molar-refractivity contribution in [3.8, 4) is 10.7 Å². The number of carbonyl (C=O) groups excluding carboxylic acids is 1. The van der Waals surface area contributed by atoms with E-state index in [1.807, 2.05) is 24.4 Å². The third kappa shape index (κ3) is 4.19. The smallest absolute Gasteiger partial charge is 0.237 e. The summed E-state index contributed by atoms with van der Waals surface area (Å²) in [4.78, 5) is 13.8. The Morgan fingerprint density at radius 2 is 2.00 bits per heavy atom. The van der Waals surface area contributed by atoms with Crippen molar-refractivity contribution in [2.24, 2.45) is 0 Å². The predicted molar refractivity (Wildman–Crippen MR) is 117 cm³/mol. The summed E-state index contributed by atoms with van der Waals surface area (Å²) in [5.41, 5.74) is 0.427. The number of aromatic nitrogens is 3. The largest absolute Gasteiger partial charge is 0.324 e. The van der Waals surface area contributed by atoms with Gasteiger partial charge in [-0.2, -0.15) is 0 Å². The zero-order chi connectivity index (χ0) is 19.8. The van der Waals surface area contributed by atoms with Crippen LogP contribution in [0.3, 0.4) is 0 Å². The van der Waals surface area contributed by atoms with E-state index < -0.39 is 5.25 Å². The molecular weight excluding hydrogens is 459 g/mol. The highest BCUT2D eigenvalue weighted by atomic mass is 35.5. The summed E-state index contributed by atoms with van der Waals surface area (Å²) in [6.07, 6.45) is 2.20. The monoisotopic (exact) mass is 472 g/mol. The summed E-state index contributed by atoms with van der Waals surface area (Å²) in [7, 11) is 0. The first-order valence-electron chi connectivity index (χ1n) is 8.55. The molecule has 28 heavy (non-hydrogen) atoms. The van der Waals surface area contributed by atoms with Crippen LogP contribution < -0.4 is 5.32 Å². The average molecular weight is 474 g/mol. The van der Waals surface area contributed by atoms with Crippen LogP contribution in [0.15, 0.2) is 34.8 Å². The number of benzene rings is 1.